The zero-order chi connectivity index (χ0) is 24.4. The van der Waals surface area contributed by atoms with Crippen molar-refractivity contribution in [3.63, 3.8) is 0 Å². The number of hydrogen-bond acceptors (Lipinski definition) is 8. The predicted octanol–water partition coefficient (Wildman–Crippen LogP) is 0.335. The first-order chi connectivity index (χ1) is 15.5. The second-order valence-corrected chi connectivity index (χ2v) is 8.82. The Kier molecular flexibility index (Phi) is 5.11. The zero-order valence-corrected chi connectivity index (χ0v) is 18.3. The SMILES string of the molecule is CC#Cc1ccc(O)c2c1C[C@H]1C[C@H]3[C@H](N(C)C)C(=O)C(C(N)=O)=C(O)[C@@]3(O)C(=O)C1=C2O. The third kappa shape index (κ3) is 2.91. The molecule has 1 saturated carbocycles. The zero-order valence-electron chi connectivity index (χ0n) is 18.3. The van der Waals surface area contributed by atoms with Crippen LogP contribution in [0.15, 0.2) is 29.0 Å². The number of rotatable bonds is 2. The van der Waals surface area contributed by atoms with Gasteiger partial charge in [-0.25, -0.2) is 0 Å². The molecule has 172 valence electrons. The van der Waals surface area contributed by atoms with Crippen molar-refractivity contribution in [1.82, 2.24) is 4.90 Å². The van der Waals surface area contributed by atoms with E-state index in [1.54, 1.807) is 27.1 Å². The number of aliphatic hydroxyl groups is 3. The molecule has 3 aliphatic rings. The summed E-state index contributed by atoms with van der Waals surface area (Å²) in [5.74, 6) is -0.991. The number of nitrogens with zero attached hydrogens (tertiary/aromatic N) is 1. The molecule has 1 amide bonds. The number of carbonyl (C=O) groups is 3. The highest BCUT2D eigenvalue weighted by molar-refractivity contribution is 6.24. The van der Waals surface area contributed by atoms with Crippen LogP contribution >= 0.6 is 0 Å². The quantitative estimate of drug-likeness (QED) is 0.317. The monoisotopic (exact) mass is 452 g/mol. The van der Waals surface area contributed by atoms with Crippen molar-refractivity contribution in [2.24, 2.45) is 17.6 Å². The number of primary amides is 1. The predicted molar refractivity (Wildman–Crippen MR) is 117 cm³/mol. The minimum atomic E-state index is -2.64. The molecule has 9 heteroatoms. The van der Waals surface area contributed by atoms with Gasteiger partial charge in [0.2, 0.25) is 5.78 Å². The van der Waals surface area contributed by atoms with Crippen molar-refractivity contribution < 1.29 is 34.8 Å². The van der Waals surface area contributed by atoms with Crippen molar-refractivity contribution in [3.8, 4) is 17.6 Å². The summed E-state index contributed by atoms with van der Waals surface area (Å²) in [6.45, 7) is 1.65. The average Bonchev–Trinajstić information content (AvgIpc) is 2.72. The summed E-state index contributed by atoms with van der Waals surface area (Å²) in [5.41, 5.74) is 2.81. The molecule has 0 unspecified atom stereocenters. The number of aromatic hydroxyl groups is 1. The van der Waals surface area contributed by atoms with Gasteiger partial charge in [0.25, 0.3) is 5.91 Å². The molecule has 0 saturated heterocycles. The lowest BCUT2D eigenvalue weighted by molar-refractivity contribution is -0.153. The van der Waals surface area contributed by atoms with Crippen molar-refractivity contribution >= 4 is 23.2 Å². The molecule has 1 aromatic rings. The normalized spacial score (nSPS) is 28.7. The Morgan fingerprint density at radius 1 is 1.21 bits per heavy atom. The van der Waals surface area contributed by atoms with Crippen LogP contribution in [0.5, 0.6) is 5.75 Å². The molecule has 0 heterocycles. The van der Waals surface area contributed by atoms with Crippen LogP contribution in [0.2, 0.25) is 0 Å². The fourth-order valence-corrected chi connectivity index (χ4v) is 5.50. The maximum absolute atomic E-state index is 13.7. The van der Waals surface area contributed by atoms with E-state index in [0.29, 0.717) is 11.1 Å². The minimum Gasteiger partial charge on any atom is -0.508 e. The summed E-state index contributed by atoms with van der Waals surface area (Å²) in [5, 5.41) is 43.8. The number of phenols is 1. The lowest BCUT2D eigenvalue weighted by Gasteiger charge is -2.50. The van der Waals surface area contributed by atoms with E-state index >= 15 is 0 Å². The van der Waals surface area contributed by atoms with E-state index in [-0.39, 0.29) is 29.7 Å². The Bertz CT molecular complexity index is 1250. The molecule has 6 N–H and O–H groups in total. The fraction of sp³-hybridized carbons (Fsp3) is 0.375. The summed E-state index contributed by atoms with van der Waals surface area (Å²) < 4.78 is 0. The molecule has 0 spiro atoms. The molecule has 4 atom stereocenters. The lowest BCUT2D eigenvalue weighted by atomic mass is 9.57. The summed E-state index contributed by atoms with van der Waals surface area (Å²) in [7, 11) is 3.11. The number of amides is 1. The molecule has 0 aromatic heterocycles. The maximum atomic E-state index is 13.7. The van der Waals surface area contributed by atoms with Crippen LogP contribution in [-0.2, 0) is 20.8 Å². The Balaban J connectivity index is 2.00. The first kappa shape index (κ1) is 22.6. The largest absolute Gasteiger partial charge is 0.508 e. The van der Waals surface area contributed by atoms with Crippen molar-refractivity contribution in [2.45, 2.75) is 31.4 Å². The minimum absolute atomic E-state index is 0.0338. The van der Waals surface area contributed by atoms with Gasteiger partial charge >= 0.3 is 0 Å². The van der Waals surface area contributed by atoms with Gasteiger partial charge in [-0.05, 0) is 57.5 Å². The molecule has 3 aliphatic carbocycles. The Hall–Kier alpha value is -3.61. The van der Waals surface area contributed by atoms with Gasteiger partial charge in [-0.1, -0.05) is 5.92 Å². The van der Waals surface area contributed by atoms with Gasteiger partial charge in [0.1, 0.15) is 22.8 Å². The number of carbonyl (C=O) groups excluding carboxylic acids is 3. The fourth-order valence-electron chi connectivity index (χ4n) is 5.50. The number of Topliss-reactive ketones (excluding diaryl/α,β-unsaturated/α-hetero) is 2. The van der Waals surface area contributed by atoms with E-state index in [0.717, 1.165) is 0 Å². The van der Waals surface area contributed by atoms with E-state index in [4.69, 9.17) is 5.73 Å². The number of phenolic OH excluding ortho intramolecular Hbond substituents is 1. The Morgan fingerprint density at radius 2 is 1.88 bits per heavy atom. The van der Waals surface area contributed by atoms with Crippen LogP contribution in [0.25, 0.3) is 5.76 Å². The highest BCUT2D eigenvalue weighted by atomic mass is 16.3. The van der Waals surface area contributed by atoms with Crippen LogP contribution in [0.3, 0.4) is 0 Å². The molecule has 0 bridgehead atoms. The number of ketones is 2. The molecule has 33 heavy (non-hydrogen) atoms. The first-order valence-electron chi connectivity index (χ1n) is 10.4. The molecule has 1 fully saturated rings. The Labute approximate surface area is 189 Å². The first-order valence-corrected chi connectivity index (χ1v) is 10.4. The van der Waals surface area contributed by atoms with Crippen LogP contribution < -0.4 is 5.73 Å². The molecule has 4 rings (SSSR count). The van der Waals surface area contributed by atoms with Crippen LogP contribution in [-0.4, -0.2) is 68.5 Å². The lowest BCUT2D eigenvalue weighted by Crippen LogP contribution is -2.65. The number of fused-ring (bicyclic) bond motifs is 3. The summed E-state index contributed by atoms with van der Waals surface area (Å²) >= 11 is 0. The summed E-state index contributed by atoms with van der Waals surface area (Å²) in [4.78, 5) is 40.1. The third-order valence-corrected chi connectivity index (χ3v) is 6.86. The number of likely N-dealkylation sites (N-methyl/N-ethyl adjacent to an activating group) is 1. The van der Waals surface area contributed by atoms with Gasteiger partial charge in [-0.3, -0.25) is 19.3 Å². The molecular weight excluding hydrogens is 428 g/mol. The highest BCUT2D eigenvalue weighted by Gasteiger charge is 2.64. The van der Waals surface area contributed by atoms with E-state index in [1.807, 2.05) is 0 Å². The van der Waals surface area contributed by atoms with Crippen molar-refractivity contribution in [1.29, 1.82) is 0 Å². The number of nitrogens with two attached hydrogens (primary N) is 1. The number of hydrogen-bond donors (Lipinski definition) is 5. The molecule has 1 aromatic carbocycles. The van der Waals surface area contributed by atoms with E-state index < -0.39 is 58.0 Å². The topological polar surface area (TPSA) is 161 Å². The highest BCUT2D eigenvalue weighted by Crippen LogP contribution is 2.52. The van der Waals surface area contributed by atoms with E-state index in [1.165, 1.54) is 11.0 Å². The summed E-state index contributed by atoms with van der Waals surface area (Å²) in [6.07, 6.45) is 0.257. The van der Waals surface area contributed by atoms with Crippen LogP contribution in [0.4, 0.5) is 0 Å². The molecular formula is C24H24N2O7. The maximum Gasteiger partial charge on any atom is 0.255 e. The molecule has 0 radical (unpaired) electrons. The number of benzene rings is 1. The summed E-state index contributed by atoms with van der Waals surface area (Å²) in [6, 6.07) is 1.86. The molecule has 0 aliphatic heterocycles. The van der Waals surface area contributed by atoms with Gasteiger partial charge in [0.05, 0.1) is 11.6 Å². The number of aliphatic hydroxyl groups excluding tert-OH is 2. The van der Waals surface area contributed by atoms with Crippen LogP contribution in [0.1, 0.15) is 30.0 Å². The second kappa shape index (κ2) is 7.47. The smallest absolute Gasteiger partial charge is 0.255 e. The van der Waals surface area contributed by atoms with Crippen molar-refractivity contribution in [2.75, 3.05) is 14.1 Å². The van der Waals surface area contributed by atoms with Gasteiger partial charge in [0.15, 0.2) is 11.4 Å². The van der Waals surface area contributed by atoms with Gasteiger partial charge < -0.3 is 26.2 Å². The Morgan fingerprint density at radius 3 is 2.45 bits per heavy atom. The van der Waals surface area contributed by atoms with Gasteiger partial charge in [0, 0.05) is 17.1 Å². The standard InChI is InChI=1S/C24H24N2O7/c1-4-5-10-6-7-14(27)16-12(10)8-11-9-13-18(26(2)3)20(29)17(23(25)32)22(31)24(13,33)21(30)15(11)19(16)28/h6-7,11,13,18,27-28,31,33H,8-9H2,1-3H3,(H2,25,32)/t11-,13-,18-,24-/m0/s1. The van der Waals surface area contributed by atoms with Crippen LogP contribution in [0, 0.1) is 23.7 Å². The van der Waals surface area contributed by atoms with E-state index in [2.05, 4.69) is 11.8 Å². The second-order valence-electron chi connectivity index (χ2n) is 8.82. The molecule has 9 nitrogen and oxygen atoms in total. The third-order valence-electron chi connectivity index (χ3n) is 6.86. The van der Waals surface area contributed by atoms with Crippen molar-refractivity contribution in [3.05, 3.63) is 45.7 Å². The van der Waals surface area contributed by atoms with E-state index in [9.17, 15) is 34.8 Å². The van der Waals surface area contributed by atoms with Gasteiger partial charge in [-0.2, -0.15) is 0 Å². The average molecular weight is 452 g/mol. The van der Waals surface area contributed by atoms with Gasteiger partial charge in [-0.15, -0.1) is 5.92 Å².